The first-order valence-corrected chi connectivity index (χ1v) is 13.1. The van der Waals surface area contributed by atoms with Crippen molar-refractivity contribution in [2.45, 2.75) is 39.5 Å². The predicted molar refractivity (Wildman–Crippen MR) is 153 cm³/mol. The van der Waals surface area contributed by atoms with E-state index in [4.69, 9.17) is 9.47 Å². The molecule has 0 aliphatic rings. The van der Waals surface area contributed by atoms with E-state index in [2.05, 4.69) is 17.4 Å². The van der Waals surface area contributed by atoms with Gasteiger partial charge in [-0.15, -0.1) is 0 Å². The smallest absolute Gasteiger partial charge is 0.338 e. The van der Waals surface area contributed by atoms with Crippen LogP contribution in [0.25, 0.3) is 11.1 Å². The number of phenols is 1. The largest absolute Gasteiger partial charge is 0.508 e. The van der Waals surface area contributed by atoms with E-state index in [1.54, 1.807) is 36.4 Å². The van der Waals surface area contributed by atoms with Crippen LogP contribution in [0.2, 0.25) is 0 Å². The van der Waals surface area contributed by atoms with Gasteiger partial charge in [-0.3, -0.25) is 0 Å². The van der Waals surface area contributed by atoms with Gasteiger partial charge >= 0.3 is 5.97 Å². The fourth-order valence-electron chi connectivity index (χ4n) is 4.46. The number of carbonyl (C=O) groups is 1. The molecule has 2 atom stereocenters. The molecule has 0 heterocycles. The lowest BCUT2D eigenvalue weighted by atomic mass is 9.99. The van der Waals surface area contributed by atoms with Crippen LogP contribution in [0.5, 0.6) is 11.5 Å². The van der Waals surface area contributed by atoms with Crippen molar-refractivity contribution in [2.75, 3.05) is 13.2 Å². The second-order valence-corrected chi connectivity index (χ2v) is 9.71. The number of hydrogen-bond acceptors (Lipinski definition) is 6. The number of aliphatic hydroxyl groups excluding tert-OH is 1. The molecule has 202 valence electrons. The number of nitrogens with one attached hydrogen (secondary N) is 1. The van der Waals surface area contributed by atoms with E-state index < -0.39 is 6.10 Å². The SMILES string of the molecule is Cc1cc(-c2ccc(C(=O)OCc3ccccc3)cc2)cc(C)c1OCCN[C@@H](C)[C@@H](O)c1ccc(O)cc1. The monoisotopic (exact) mass is 525 g/mol. The van der Waals surface area contributed by atoms with E-state index in [1.807, 2.05) is 63.2 Å². The minimum Gasteiger partial charge on any atom is -0.508 e. The highest BCUT2D eigenvalue weighted by molar-refractivity contribution is 5.90. The van der Waals surface area contributed by atoms with Gasteiger partial charge in [-0.1, -0.05) is 54.6 Å². The maximum absolute atomic E-state index is 12.4. The summed E-state index contributed by atoms with van der Waals surface area (Å²) in [7, 11) is 0. The highest BCUT2D eigenvalue weighted by Crippen LogP contribution is 2.30. The number of aromatic hydroxyl groups is 1. The van der Waals surface area contributed by atoms with Gasteiger partial charge in [0.2, 0.25) is 0 Å². The van der Waals surface area contributed by atoms with E-state index in [1.165, 1.54) is 0 Å². The van der Waals surface area contributed by atoms with Gasteiger partial charge in [0.1, 0.15) is 24.7 Å². The maximum atomic E-state index is 12.4. The summed E-state index contributed by atoms with van der Waals surface area (Å²) in [5.41, 5.74) is 6.31. The van der Waals surface area contributed by atoms with Gasteiger partial charge in [0.15, 0.2) is 0 Å². The highest BCUT2D eigenvalue weighted by atomic mass is 16.5. The minimum atomic E-state index is -0.689. The summed E-state index contributed by atoms with van der Waals surface area (Å²) in [4.78, 5) is 12.4. The number of aliphatic hydroxyl groups is 1. The molecule has 0 unspecified atom stereocenters. The van der Waals surface area contributed by atoms with Crippen molar-refractivity contribution in [3.63, 3.8) is 0 Å². The van der Waals surface area contributed by atoms with Crippen LogP contribution >= 0.6 is 0 Å². The van der Waals surface area contributed by atoms with Gasteiger partial charge in [-0.25, -0.2) is 4.79 Å². The first kappa shape index (κ1) is 27.9. The summed E-state index contributed by atoms with van der Waals surface area (Å²) >= 11 is 0. The molecule has 4 aromatic carbocycles. The number of carbonyl (C=O) groups excluding carboxylic acids is 1. The number of hydrogen-bond donors (Lipinski definition) is 3. The highest BCUT2D eigenvalue weighted by Gasteiger charge is 2.16. The van der Waals surface area contributed by atoms with Gasteiger partial charge in [-0.2, -0.15) is 0 Å². The molecule has 0 radical (unpaired) electrons. The number of phenolic OH excluding ortho intramolecular Hbond substituents is 1. The molecule has 0 aliphatic heterocycles. The van der Waals surface area contributed by atoms with Crippen molar-refractivity contribution in [1.82, 2.24) is 5.32 Å². The van der Waals surface area contributed by atoms with Crippen LogP contribution in [0, 0.1) is 13.8 Å². The number of esters is 1. The van der Waals surface area contributed by atoms with Crippen molar-refractivity contribution >= 4 is 5.97 Å². The molecular weight excluding hydrogens is 490 g/mol. The average molecular weight is 526 g/mol. The number of aryl methyl sites for hydroxylation is 2. The standard InChI is InChI=1S/C33H35NO5/c1-22-19-29(26-9-11-28(12-10-26)33(37)39-21-25-7-5-4-6-8-25)20-23(2)32(22)38-18-17-34-24(3)31(36)27-13-15-30(35)16-14-27/h4-16,19-20,24,31,34-36H,17-18,21H2,1-3H3/t24-,31+/m0/s1. The predicted octanol–water partition coefficient (Wildman–Crippen LogP) is 6.12. The Bertz CT molecular complexity index is 1340. The van der Waals surface area contributed by atoms with Crippen molar-refractivity contribution in [2.24, 2.45) is 0 Å². The van der Waals surface area contributed by atoms with E-state index in [0.29, 0.717) is 18.7 Å². The normalized spacial score (nSPS) is 12.5. The van der Waals surface area contributed by atoms with Crippen LogP contribution in [0.3, 0.4) is 0 Å². The molecule has 0 fully saturated rings. The number of ether oxygens (including phenoxy) is 2. The first-order chi connectivity index (χ1) is 18.8. The first-order valence-electron chi connectivity index (χ1n) is 13.1. The second-order valence-electron chi connectivity index (χ2n) is 9.71. The van der Waals surface area contributed by atoms with Crippen LogP contribution in [0.1, 0.15) is 45.6 Å². The lowest BCUT2D eigenvalue weighted by Crippen LogP contribution is -2.35. The molecule has 4 aromatic rings. The van der Waals surface area contributed by atoms with Gasteiger partial charge in [-0.05, 0) is 90.6 Å². The Morgan fingerprint density at radius 1 is 0.872 bits per heavy atom. The van der Waals surface area contributed by atoms with Crippen LogP contribution in [0.15, 0.2) is 91.0 Å². The topological polar surface area (TPSA) is 88.0 Å². The van der Waals surface area contributed by atoms with Crippen LogP contribution in [-0.2, 0) is 11.3 Å². The molecule has 0 saturated carbocycles. The summed E-state index contributed by atoms with van der Waals surface area (Å²) in [6, 6.07) is 27.6. The molecular formula is C33H35NO5. The second kappa shape index (κ2) is 13.1. The summed E-state index contributed by atoms with van der Waals surface area (Å²) in [5, 5.41) is 23.3. The molecule has 0 spiro atoms. The third-order valence-corrected chi connectivity index (χ3v) is 6.65. The lowest BCUT2D eigenvalue weighted by molar-refractivity contribution is 0.0472. The van der Waals surface area contributed by atoms with E-state index >= 15 is 0 Å². The van der Waals surface area contributed by atoms with Crippen molar-refractivity contribution in [1.29, 1.82) is 0 Å². The van der Waals surface area contributed by atoms with E-state index in [9.17, 15) is 15.0 Å². The molecule has 39 heavy (non-hydrogen) atoms. The van der Waals surface area contributed by atoms with Crippen molar-refractivity contribution in [3.8, 4) is 22.6 Å². The third-order valence-electron chi connectivity index (χ3n) is 6.65. The zero-order valence-corrected chi connectivity index (χ0v) is 22.6. The summed E-state index contributed by atoms with van der Waals surface area (Å²) < 4.78 is 11.5. The molecule has 0 bridgehead atoms. The molecule has 3 N–H and O–H groups in total. The van der Waals surface area contributed by atoms with Gasteiger partial charge in [0.25, 0.3) is 0 Å². The minimum absolute atomic E-state index is 0.174. The number of benzene rings is 4. The van der Waals surface area contributed by atoms with Crippen LogP contribution in [0.4, 0.5) is 0 Å². The molecule has 0 aliphatic carbocycles. The Morgan fingerprint density at radius 3 is 2.15 bits per heavy atom. The molecule has 0 aromatic heterocycles. The molecule has 6 heteroatoms. The summed E-state index contributed by atoms with van der Waals surface area (Å²) in [6.07, 6.45) is -0.689. The Hall–Kier alpha value is -4.13. The van der Waals surface area contributed by atoms with Gasteiger partial charge in [0.05, 0.1) is 11.7 Å². The van der Waals surface area contributed by atoms with Crippen molar-refractivity contribution in [3.05, 3.63) is 119 Å². The summed E-state index contributed by atoms with van der Waals surface area (Å²) in [5.74, 6) is 0.668. The Kier molecular flexibility index (Phi) is 9.36. The number of rotatable bonds is 11. The van der Waals surface area contributed by atoms with E-state index in [0.717, 1.165) is 39.1 Å². The zero-order valence-electron chi connectivity index (χ0n) is 22.6. The molecule has 0 saturated heterocycles. The average Bonchev–Trinajstić information content (AvgIpc) is 2.95. The Balaban J connectivity index is 1.30. The quantitative estimate of drug-likeness (QED) is 0.161. The fourth-order valence-corrected chi connectivity index (χ4v) is 4.46. The third kappa shape index (κ3) is 7.47. The molecule has 0 amide bonds. The van der Waals surface area contributed by atoms with Crippen molar-refractivity contribution < 1.29 is 24.5 Å². The molecule has 6 nitrogen and oxygen atoms in total. The van der Waals surface area contributed by atoms with Gasteiger partial charge in [0, 0.05) is 12.6 Å². The maximum Gasteiger partial charge on any atom is 0.338 e. The Morgan fingerprint density at radius 2 is 1.51 bits per heavy atom. The molecule has 4 rings (SSSR count). The fraction of sp³-hybridized carbons (Fsp3) is 0.242. The lowest BCUT2D eigenvalue weighted by Gasteiger charge is -2.21. The Labute approximate surface area is 229 Å². The summed E-state index contributed by atoms with van der Waals surface area (Å²) in [6.45, 7) is 7.22. The van der Waals surface area contributed by atoms with Crippen LogP contribution in [-0.4, -0.2) is 35.4 Å². The van der Waals surface area contributed by atoms with Crippen LogP contribution < -0.4 is 10.1 Å². The van der Waals surface area contributed by atoms with E-state index in [-0.39, 0.29) is 24.4 Å². The zero-order chi connectivity index (χ0) is 27.8. The van der Waals surface area contributed by atoms with Gasteiger partial charge < -0.3 is 25.0 Å².